The van der Waals surface area contributed by atoms with Crippen LogP contribution in [0.15, 0.2) is 65.0 Å². The van der Waals surface area contributed by atoms with Gasteiger partial charge in [-0.05, 0) is 54.7 Å². The first kappa shape index (κ1) is 24.4. The highest BCUT2D eigenvalue weighted by Gasteiger charge is 2.31. The number of sulfonamides is 1. The van der Waals surface area contributed by atoms with Gasteiger partial charge in [0.05, 0.1) is 16.7 Å². The monoisotopic (exact) mass is 499 g/mol. The Hall–Kier alpha value is -2.75. The van der Waals surface area contributed by atoms with E-state index in [1.165, 1.54) is 35.6 Å². The number of methoxy groups -OCH3 is 1. The van der Waals surface area contributed by atoms with E-state index in [9.17, 15) is 13.2 Å². The molecule has 0 aliphatic carbocycles. The fraction of sp³-hybridized carbons (Fsp3) is 0.360. The Balaban J connectivity index is 1.66. The van der Waals surface area contributed by atoms with Crippen molar-refractivity contribution < 1.29 is 17.9 Å². The average Bonchev–Trinajstić information content (AvgIpc) is 3.15. The molecule has 1 amide bonds. The van der Waals surface area contributed by atoms with Crippen LogP contribution < -0.4 is 9.54 Å². The summed E-state index contributed by atoms with van der Waals surface area (Å²) in [6, 6.07) is 11.8. The Morgan fingerprint density at radius 2 is 1.85 bits per heavy atom. The molecule has 3 aromatic rings. The largest absolute Gasteiger partial charge is 0.495 e. The molecule has 1 fully saturated rings. The van der Waals surface area contributed by atoms with Crippen molar-refractivity contribution in [2.75, 3.05) is 20.2 Å². The maximum atomic E-state index is 13.1. The fourth-order valence-electron chi connectivity index (χ4n) is 4.52. The smallest absolute Gasteiger partial charge is 0.279 e. The van der Waals surface area contributed by atoms with Crippen LogP contribution >= 0.6 is 11.3 Å². The van der Waals surface area contributed by atoms with Crippen molar-refractivity contribution in [3.8, 4) is 5.75 Å². The predicted molar refractivity (Wildman–Crippen MR) is 135 cm³/mol. The number of aromatic nitrogens is 1. The molecule has 34 heavy (non-hydrogen) atoms. The minimum atomic E-state index is -3.60. The van der Waals surface area contributed by atoms with Crippen LogP contribution in [0.5, 0.6) is 5.75 Å². The van der Waals surface area contributed by atoms with Gasteiger partial charge in [0.15, 0.2) is 4.80 Å². The van der Waals surface area contributed by atoms with Gasteiger partial charge in [-0.25, -0.2) is 8.42 Å². The number of hydrogen-bond acceptors (Lipinski definition) is 5. The quantitative estimate of drug-likeness (QED) is 0.474. The molecule has 1 aliphatic rings. The van der Waals surface area contributed by atoms with Crippen LogP contribution in [-0.2, 0) is 16.6 Å². The Kier molecular flexibility index (Phi) is 7.06. The number of rotatable bonds is 6. The lowest BCUT2D eigenvalue weighted by molar-refractivity contribution is 0.0997. The maximum absolute atomic E-state index is 13.1. The van der Waals surface area contributed by atoms with Crippen LogP contribution in [0.25, 0.3) is 10.2 Å². The van der Waals surface area contributed by atoms with Crippen molar-refractivity contribution in [1.29, 1.82) is 0 Å². The van der Waals surface area contributed by atoms with E-state index in [0.717, 1.165) is 16.6 Å². The van der Waals surface area contributed by atoms with Crippen LogP contribution in [0.4, 0.5) is 0 Å². The summed E-state index contributed by atoms with van der Waals surface area (Å²) in [5, 5.41) is 0. The van der Waals surface area contributed by atoms with Gasteiger partial charge in [0.1, 0.15) is 11.3 Å². The van der Waals surface area contributed by atoms with E-state index in [0.29, 0.717) is 47.6 Å². The second-order valence-electron chi connectivity index (χ2n) is 8.80. The SMILES string of the molecule is C=CCn1c(=NC(=O)c2ccc(S(=O)(=O)N3CC(C)CC(C)C3)cc2)sc2cccc(OC)c21. The Bertz CT molecular complexity index is 1380. The normalized spacial score (nSPS) is 19.9. The first-order chi connectivity index (χ1) is 16.2. The van der Waals surface area contributed by atoms with E-state index >= 15 is 0 Å². The molecule has 180 valence electrons. The van der Waals surface area contributed by atoms with E-state index in [-0.39, 0.29) is 4.90 Å². The van der Waals surface area contributed by atoms with Crippen LogP contribution in [0.1, 0.15) is 30.6 Å². The second-order valence-corrected chi connectivity index (χ2v) is 11.7. The zero-order valence-corrected chi connectivity index (χ0v) is 21.2. The van der Waals surface area contributed by atoms with Crippen molar-refractivity contribution >= 4 is 37.5 Å². The molecular formula is C25H29N3O4S2. The lowest BCUT2D eigenvalue weighted by Gasteiger charge is -2.34. The van der Waals surface area contributed by atoms with Crippen LogP contribution in [-0.4, -0.2) is 43.4 Å². The number of hydrogen-bond donors (Lipinski definition) is 0. The number of nitrogens with zero attached hydrogens (tertiary/aromatic N) is 3. The molecule has 9 heteroatoms. The van der Waals surface area contributed by atoms with Crippen molar-refractivity contribution in [3.05, 3.63) is 65.5 Å². The number of para-hydroxylation sites is 1. The van der Waals surface area contributed by atoms with Gasteiger partial charge in [-0.15, -0.1) is 6.58 Å². The molecule has 2 unspecified atom stereocenters. The molecule has 0 saturated carbocycles. The molecule has 4 rings (SSSR count). The highest BCUT2D eigenvalue weighted by molar-refractivity contribution is 7.89. The minimum absolute atomic E-state index is 0.193. The summed E-state index contributed by atoms with van der Waals surface area (Å²) in [5.74, 6) is 0.897. The molecule has 0 N–H and O–H groups in total. The first-order valence-corrected chi connectivity index (χ1v) is 13.5. The topological polar surface area (TPSA) is 81.0 Å². The van der Waals surface area contributed by atoms with E-state index in [1.54, 1.807) is 17.5 Å². The standard InChI is InChI=1S/C25H29N3O4S2/c1-5-13-28-23-21(32-4)7-6-8-22(23)33-25(28)26-24(29)19-9-11-20(12-10-19)34(30,31)27-15-17(2)14-18(3)16-27/h5-12,17-18H,1,13-16H2,2-4H3. The van der Waals surface area contributed by atoms with E-state index < -0.39 is 15.9 Å². The number of ether oxygens (including phenoxy) is 1. The van der Waals surface area contributed by atoms with Gasteiger partial charge in [0, 0.05) is 25.2 Å². The molecule has 2 atom stereocenters. The van der Waals surface area contributed by atoms with Gasteiger partial charge in [-0.3, -0.25) is 4.79 Å². The molecule has 1 saturated heterocycles. The highest BCUT2D eigenvalue weighted by Crippen LogP contribution is 2.28. The summed E-state index contributed by atoms with van der Waals surface area (Å²) >= 11 is 1.39. The molecule has 7 nitrogen and oxygen atoms in total. The number of amides is 1. The fourth-order valence-corrected chi connectivity index (χ4v) is 7.25. The summed E-state index contributed by atoms with van der Waals surface area (Å²) in [7, 11) is -2.00. The molecule has 0 spiro atoms. The van der Waals surface area contributed by atoms with Crippen LogP contribution in [0, 0.1) is 11.8 Å². The summed E-state index contributed by atoms with van der Waals surface area (Å²) < 4.78 is 36.1. The Morgan fingerprint density at radius 3 is 2.47 bits per heavy atom. The number of carbonyl (C=O) groups is 1. The van der Waals surface area contributed by atoms with Gasteiger partial charge < -0.3 is 9.30 Å². The number of carbonyl (C=O) groups excluding carboxylic acids is 1. The average molecular weight is 500 g/mol. The minimum Gasteiger partial charge on any atom is -0.495 e. The number of allylic oxidation sites excluding steroid dienone is 1. The summed E-state index contributed by atoms with van der Waals surface area (Å²) in [4.78, 5) is 18.0. The van der Waals surface area contributed by atoms with Crippen molar-refractivity contribution in [1.82, 2.24) is 8.87 Å². The van der Waals surface area contributed by atoms with Gasteiger partial charge in [0.25, 0.3) is 5.91 Å². The lowest BCUT2D eigenvalue weighted by atomic mass is 9.94. The summed E-state index contributed by atoms with van der Waals surface area (Å²) in [5.41, 5.74) is 1.18. The molecule has 2 aromatic carbocycles. The van der Waals surface area contributed by atoms with Gasteiger partial charge in [0.2, 0.25) is 10.0 Å². The number of benzene rings is 2. The van der Waals surface area contributed by atoms with Crippen molar-refractivity contribution in [2.24, 2.45) is 16.8 Å². The van der Waals surface area contributed by atoms with Gasteiger partial charge in [-0.2, -0.15) is 9.30 Å². The third-order valence-electron chi connectivity index (χ3n) is 5.97. The third kappa shape index (κ3) is 4.73. The van der Waals surface area contributed by atoms with Crippen molar-refractivity contribution in [3.63, 3.8) is 0 Å². The summed E-state index contributed by atoms with van der Waals surface area (Å²) in [6.07, 6.45) is 2.76. The zero-order chi connectivity index (χ0) is 24.5. The summed E-state index contributed by atoms with van der Waals surface area (Å²) in [6.45, 7) is 9.46. The van der Waals surface area contributed by atoms with Gasteiger partial charge in [-0.1, -0.05) is 37.3 Å². The molecule has 0 bridgehead atoms. The highest BCUT2D eigenvalue weighted by atomic mass is 32.2. The van der Waals surface area contributed by atoms with Crippen LogP contribution in [0.3, 0.4) is 0 Å². The number of piperidine rings is 1. The zero-order valence-electron chi connectivity index (χ0n) is 19.6. The first-order valence-electron chi connectivity index (χ1n) is 11.2. The molecule has 1 aliphatic heterocycles. The predicted octanol–water partition coefficient (Wildman–Crippen LogP) is 4.31. The molecule has 0 radical (unpaired) electrons. The molecular weight excluding hydrogens is 470 g/mol. The number of fused-ring (bicyclic) bond motifs is 1. The third-order valence-corrected chi connectivity index (χ3v) is 8.86. The Labute approximate surface area is 204 Å². The Morgan fingerprint density at radius 1 is 1.18 bits per heavy atom. The van der Waals surface area contributed by atoms with Crippen molar-refractivity contribution in [2.45, 2.75) is 31.7 Å². The maximum Gasteiger partial charge on any atom is 0.279 e. The molecule has 1 aromatic heterocycles. The van der Waals surface area contributed by atoms with E-state index in [1.807, 2.05) is 22.8 Å². The van der Waals surface area contributed by atoms with Gasteiger partial charge >= 0.3 is 0 Å². The lowest BCUT2D eigenvalue weighted by Crippen LogP contribution is -2.42. The van der Waals surface area contributed by atoms with Crippen LogP contribution in [0.2, 0.25) is 0 Å². The van der Waals surface area contributed by atoms with E-state index in [2.05, 4.69) is 25.4 Å². The van der Waals surface area contributed by atoms with E-state index in [4.69, 9.17) is 4.74 Å². The number of thiazole rings is 1. The molecule has 2 heterocycles. The second kappa shape index (κ2) is 9.85.